The molecule has 0 saturated carbocycles. The summed E-state index contributed by atoms with van der Waals surface area (Å²) in [5.41, 5.74) is 0.299. The summed E-state index contributed by atoms with van der Waals surface area (Å²) >= 11 is 0. The van der Waals surface area contributed by atoms with Crippen LogP contribution in [-0.4, -0.2) is 45.2 Å². The van der Waals surface area contributed by atoms with Crippen molar-refractivity contribution in [1.82, 2.24) is 19.8 Å². The summed E-state index contributed by atoms with van der Waals surface area (Å²) in [6, 6.07) is -0.0133. The maximum Gasteiger partial charge on any atom is 0.317 e. The molecule has 2 atom stereocenters. The number of imidazole rings is 1. The Morgan fingerprint density at radius 2 is 2.25 bits per heavy atom. The summed E-state index contributed by atoms with van der Waals surface area (Å²) in [5.74, 6) is 0.715. The minimum atomic E-state index is -0.624. The summed E-state index contributed by atoms with van der Waals surface area (Å²) in [5, 5.41) is 13.6. The zero-order valence-corrected chi connectivity index (χ0v) is 15.5. The van der Waals surface area contributed by atoms with Crippen molar-refractivity contribution < 1.29 is 9.90 Å². The molecule has 1 aliphatic rings. The lowest BCUT2D eigenvalue weighted by Crippen LogP contribution is -2.47. The summed E-state index contributed by atoms with van der Waals surface area (Å²) in [4.78, 5) is 18.4. The molecule has 2 rings (SSSR count). The van der Waals surface area contributed by atoms with Crippen LogP contribution in [0.25, 0.3) is 0 Å². The van der Waals surface area contributed by atoms with Gasteiger partial charge in [0, 0.05) is 45.0 Å². The van der Waals surface area contributed by atoms with E-state index in [2.05, 4.69) is 31.1 Å². The van der Waals surface area contributed by atoms with Crippen LogP contribution in [-0.2, 0) is 7.05 Å². The number of aromatic nitrogens is 2. The SMILES string of the molecule is Cn1ccnc1C(O)C1CCCN(C(=O)NCCCC(C)(C)C)C1. The lowest BCUT2D eigenvalue weighted by molar-refractivity contribution is 0.0532. The molecule has 24 heavy (non-hydrogen) atoms. The Kier molecular flexibility index (Phi) is 6.27. The van der Waals surface area contributed by atoms with Gasteiger partial charge in [0.2, 0.25) is 0 Å². The molecule has 1 aromatic rings. The molecule has 0 radical (unpaired) electrons. The van der Waals surface area contributed by atoms with Crippen molar-refractivity contribution in [2.75, 3.05) is 19.6 Å². The Morgan fingerprint density at radius 3 is 2.88 bits per heavy atom. The molecule has 1 fully saturated rings. The highest BCUT2D eigenvalue weighted by atomic mass is 16.3. The quantitative estimate of drug-likeness (QED) is 0.812. The molecule has 2 amide bonds. The number of nitrogens with zero attached hydrogens (tertiary/aromatic N) is 3. The molecule has 0 spiro atoms. The first kappa shape index (κ1) is 18.8. The zero-order chi connectivity index (χ0) is 17.7. The fraction of sp³-hybridized carbons (Fsp3) is 0.778. The number of likely N-dealkylation sites (tertiary alicyclic amines) is 1. The van der Waals surface area contributed by atoms with Gasteiger partial charge in [-0.15, -0.1) is 0 Å². The first-order chi connectivity index (χ1) is 11.3. The van der Waals surface area contributed by atoms with Gasteiger partial charge in [-0.3, -0.25) is 0 Å². The Bertz CT molecular complexity index is 535. The monoisotopic (exact) mass is 336 g/mol. The van der Waals surface area contributed by atoms with Crippen molar-refractivity contribution in [2.24, 2.45) is 18.4 Å². The van der Waals surface area contributed by atoms with Gasteiger partial charge >= 0.3 is 6.03 Å². The number of rotatable bonds is 5. The number of nitrogens with one attached hydrogen (secondary N) is 1. The smallest absolute Gasteiger partial charge is 0.317 e. The van der Waals surface area contributed by atoms with Gasteiger partial charge in [-0.1, -0.05) is 20.8 Å². The van der Waals surface area contributed by atoms with Gasteiger partial charge in [0.05, 0.1) is 0 Å². The summed E-state index contributed by atoms with van der Waals surface area (Å²) in [6.45, 7) is 8.68. The third-order valence-electron chi connectivity index (χ3n) is 4.69. The van der Waals surface area contributed by atoms with E-state index in [4.69, 9.17) is 0 Å². The van der Waals surface area contributed by atoms with E-state index in [1.807, 2.05) is 22.7 Å². The molecule has 2 unspecified atom stereocenters. The predicted octanol–water partition coefficient (Wildman–Crippen LogP) is 2.70. The maximum absolute atomic E-state index is 12.4. The molecule has 1 saturated heterocycles. The number of carbonyl (C=O) groups excluding carboxylic acids is 1. The molecule has 6 nitrogen and oxygen atoms in total. The molecule has 0 aromatic carbocycles. The Morgan fingerprint density at radius 1 is 1.50 bits per heavy atom. The minimum absolute atomic E-state index is 0.0133. The normalized spacial score (nSPS) is 20.0. The van der Waals surface area contributed by atoms with Gasteiger partial charge < -0.3 is 19.9 Å². The summed E-state index contributed by atoms with van der Waals surface area (Å²) < 4.78 is 1.84. The van der Waals surface area contributed by atoms with Crippen LogP contribution in [0.15, 0.2) is 12.4 Å². The molecular formula is C18H32N4O2. The third-order valence-corrected chi connectivity index (χ3v) is 4.69. The number of hydrogen-bond donors (Lipinski definition) is 2. The van der Waals surface area contributed by atoms with E-state index in [9.17, 15) is 9.90 Å². The highest BCUT2D eigenvalue weighted by Gasteiger charge is 2.31. The van der Waals surface area contributed by atoms with E-state index in [0.717, 1.165) is 32.2 Å². The third kappa shape index (κ3) is 5.23. The van der Waals surface area contributed by atoms with Gasteiger partial charge in [-0.25, -0.2) is 9.78 Å². The highest BCUT2D eigenvalue weighted by molar-refractivity contribution is 5.74. The average Bonchev–Trinajstić information content (AvgIpc) is 2.96. The van der Waals surface area contributed by atoms with Crippen LogP contribution in [0.1, 0.15) is 58.4 Å². The average molecular weight is 336 g/mol. The topological polar surface area (TPSA) is 70.4 Å². The van der Waals surface area contributed by atoms with Crippen LogP contribution < -0.4 is 5.32 Å². The predicted molar refractivity (Wildman–Crippen MR) is 94.6 cm³/mol. The van der Waals surface area contributed by atoms with Crippen LogP contribution in [0.2, 0.25) is 0 Å². The Labute approximate surface area is 145 Å². The van der Waals surface area contributed by atoms with Crippen molar-refractivity contribution in [3.63, 3.8) is 0 Å². The summed E-state index contributed by atoms with van der Waals surface area (Å²) in [7, 11) is 1.88. The van der Waals surface area contributed by atoms with E-state index in [0.29, 0.717) is 24.3 Å². The molecule has 1 aliphatic heterocycles. The maximum atomic E-state index is 12.4. The standard InChI is InChI=1S/C18H32N4O2/c1-18(2,3)8-6-9-20-17(24)22-11-5-7-14(13-22)15(23)16-19-10-12-21(16)4/h10,12,14-15,23H,5-9,11,13H2,1-4H3,(H,20,24). The lowest BCUT2D eigenvalue weighted by Gasteiger charge is -2.35. The number of hydrogen-bond acceptors (Lipinski definition) is 3. The van der Waals surface area contributed by atoms with Crippen molar-refractivity contribution in [2.45, 2.75) is 52.6 Å². The molecule has 1 aromatic heterocycles. The lowest BCUT2D eigenvalue weighted by atomic mass is 9.90. The number of urea groups is 1. The summed E-state index contributed by atoms with van der Waals surface area (Å²) in [6.07, 6.45) is 6.82. The van der Waals surface area contributed by atoms with Gasteiger partial charge in [-0.05, 0) is 31.1 Å². The number of carbonyl (C=O) groups is 1. The largest absolute Gasteiger partial charge is 0.385 e. The highest BCUT2D eigenvalue weighted by Crippen LogP contribution is 2.28. The van der Waals surface area contributed by atoms with Crippen LogP contribution >= 0.6 is 0 Å². The second kappa shape index (κ2) is 8.01. The minimum Gasteiger partial charge on any atom is -0.385 e. The number of aliphatic hydroxyl groups is 1. The number of piperidine rings is 1. The van der Waals surface area contributed by atoms with Crippen LogP contribution in [0, 0.1) is 11.3 Å². The van der Waals surface area contributed by atoms with E-state index in [1.54, 1.807) is 6.20 Å². The van der Waals surface area contributed by atoms with E-state index in [-0.39, 0.29) is 11.9 Å². The number of amides is 2. The first-order valence-corrected chi connectivity index (χ1v) is 8.96. The zero-order valence-electron chi connectivity index (χ0n) is 15.5. The van der Waals surface area contributed by atoms with Crippen LogP contribution in [0.4, 0.5) is 4.79 Å². The van der Waals surface area contributed by atoms with E-state index >= 15 is 0 Å². The van der Waals surface area contributed by atoms with Gasteiger partial charge in [0.15, 0.2) is 0 Å². The van der Waals surface area contributed by atoms with Gasteiger partial charge in [-0.2, -0.15) is 0 Å². The van der Waals surface area contributed by atoms with E-state index < -0.39 is 6.10 Å². The van der Waals surface area contributed by atoms with Crippen molar-refractivity contribution in [1.29, 1.82) is 0 Å². The molecular weight excluding hydrogens is 304 g/mol. The molecule has 136 valence electrons. The molecule has 6 heteroatoms. The Hall–Kier alpha value is -1.56. The molecule has 2 heterocycles. The fourth-order valence-corrected chi connectivity index (χ4v) is 3.25. The fourth-order valence-electron chi connectivity index (χ4n) is 3.25. The molecule has 0 aliphatic carbocycles. The second-order valence-corrected chi connectivity index (χ2v) is 8.09. The van der Waals surface area contributed by atoms with Gasteiger partial charge in [0.1, 0.15) is 11.9 Å². The van der Waals surface area contributed by atoms with Crippen molar-refractivity contribution in [3.8, 4) is 0 Å². The number of aryl methyl sites for hydroxylation is 1. The molecule has 2 N–H and O–H groups in total. The first-order valence-electron chi connectivity index (χ1n) is 8.96. The van der Waals surface area contributed by atoms with Gasteiger partial charge in [0.25, 0.3) is 0 Å². The Balaban J connectivity index is 1.82. The second-order valence-electron chi connectivity index (χ2n) is 8.09. The van der Waals surface area contributed by atoms with Crippen LogP contribution in [0.3, 0.4) is 0 Å². The van der Waals surface area contributed by atoms with E-state index in [1.165, 1.54) is 0 Å². The number of aliphatic hydroxyl groups excluding tert-OH is 1. The van der Waals surface area contributed by atoms with Crippen molar-refractivity contribution >= 4 is 6.03 Å². The van der Waals surface area contributed by atoms with Crippen LogP contribution in [0.5, 0.6) is 0 Å². The van der Waals surface area contributed by atoms with Crippen molar-refractivity contribution in [3.05, 3.63) is 18.2 Å². The molecule has 0 bridgehead atoms.